The van der Waals surface area contributed by atoms with Gasteiger partial charge in [-0.05, 0) is 54.8 Å². The van der Waals surface area contributed by atoms with Gasteiger partial charge in [-0.1, -0.05) is 0 Å². The highest BCUT2D eigenvalue weighted by molar-refractivity contribution is 5.97. The van der Waals surface area contributed by atoms with E-state index < -0.39 is 0 Å². The van der Waals surface area contributed by atoms with Crippen LogP contribution in [0.25, 0.3) is 0 Å². The minimum Gasteiger partial charge on any atom is -0.496 e. The Morgan fingerprint density at radius 3 is 2.50 bits per heavy atom. The molecule has 1 amide bonds. The van der Waals surface area contributed by atoms with Crippen LogP contribution < -0.4 is 10.1 Å². The van der Waals surface area contributed by atoms with E-state index in [0.29, 0.717) is 17.9 Å². The Morgan fingerprint density at radius 2 is 1.85 bits per heavy atom. The Labute approximate surface area is 118 Å². The van der Waals surface area contributed by atoms with Crippen LogP contribution in [-0.2, 0) is 6.54 Å². The molecule has 0 aliphatic heterocycles. The molecule has 4 nitrogen and oxygen atoms in total. The van der Waals surface area contributed by atoms with Crippen molar-refractivity contribution < 1.29 is 9.53 Å². The van der Waals surface area contributed by atoms with E-state index in [-0.39, 0.29) is 5.91 Å². The number of rotatable bonds is 4. The first-order valence-corrected chi connectivity index (χ1v) is 6.44. The average Bonchev–Trinajstić information content (AvgIpc) is 2.48. The lowest BCUT2D eigenvalue weighted by Crippen LogP contribution is -2.23. The van der Waals surface area contributed by atoms with Gasteiger partial charge in [-0.15, -0.1) is 0 Å². The molecule has 0 saturated heterocycles. The number of carbonyl (C=O) groups excluding carboxylic acids is 1. The summed E-state index contributed by atoms with van der Waals surface area (Å²) in [4.78, 5) is 16.2. The predicted molar refractivity (Wildman–Crippen MR) is 77.9 cm³/mol. The Balaban J connectivity index is 2.15. The van der Waals surface area contributed by atoms with E-state index in [1.54, 1.807) is 19.5 Å². The third kappa shape index (κ3) is 3.15. The zero-order chi connectivity index (χ0) is 14.5. The van der Waals surface area contributed by atoms with E-state index in [9.17, 15) is 4.79 Å². The first-order chi connectivity index (χ1) is 9.61. The summed E-state index contributed by atoms with van der Waals surface area (Å²) in [6, 6.07) is 7.49. The largest absolute Gasteiger partial charge is 0.496 e. The Hall–Kier alpha value is -2.36. The van der Waals surface area contributed by atoms with Crippen LogP contribution in [-0.4, -0.2) is 18.0 Å². The molecule has 0 bridgehead atoms. The summed E-state index contributed by atoms with van der Waals surface area (Å²) >= 11 is 0. The lowest BCUT2D eigenvalue weighted by atomic mass is 10.0. The molecule has 1 N–H and O–H groups in total. The third-order valence-electron chi connectivity index (χ3n) is 3.26. The van der Waals surface area contributed by atoms with Gasteiger partial charge in [0, 0.05) is 18.9 Å². The molecular formula is C16H18N2O2. The Morgan fingerprint density at radius 1 is 1.20 bits per heavy atom. The average molecular weight is 270 g/mol. The molecule has 0 atom stereocenters. The molecule has 20 heavy (non-hydrogen) atoms. The summed E-state index contributed by atoms with van der Waals surface area (Å²) in [6.07, 6.45) is 3.41. The van der Waals surface area contributed by atoms with Crippen molar-refractivity contribution in [1.29, 1.82) is 0 Å². The molecule has 4 heteroatoms. The van der Waals surface area contributed by atoms with E-state index in [2.05, 4.69) is 10.3 Å². The number of nitrogens with zero attached hydrogens (tertiary/aromatic N) is 1. The zero-order valence-corrected chi connectivity index (χ0v) is 11.9. The number of aromatic nitrogens is 1. The highest BCUT2D eigenvalue weighted by atomic mass is 16.5. The van der Waals surface area contributed by atoms with Gasteiger partial charge in [-0.25, -0.2) is 0 Å². The summed E-state index contributed by atoms with van der Waals surface area (Å²) in [7, 11) is 1.57. The highest BCUT2D eigenvalue weighted by Crippen LogP contribution is 2.23. The van der Waals surface area contributed by atoms with E-state index in [0.717, 1.165) is 16.7 Å². The van der Waals surface area contributed by atoms with Gasteiger partial charge in [0.25, 0.3) is 5.91 Å². The van der Waals surface area contributed by atoms with Gasteiger partial charge in [0.15, 0.2) is 0 Å². The quantitative estimate of drug-likeness (QED) is 0.929. The van der Waals surface area contributed by atoms with Crippen molar-refractivity contribution in [2.24, 2.45) is 0 Å². The smallest absolute Gasteiger partial charge is 0.255 e. The van der Waals surface area contributed by atoms with Crippen molar-refractivity contribution in [2.75, 3.05) is 7.11 Å². The van der Waals surface area contributed by atoms with Crippen LogP contribution in [0, 0.1) is 13.8 Å². The molecule has 0 fully saturated rings. The maximum absolute atomic E-state index is 12.3. The van der Waals surface area contributed by atoms with Crippen LogP contribution >= 0.6 is 0 Å². The highest BCUT2D eigenvalue weighted by Gasteiger charge is 2.13. The minimum atomic E-state index is -0.137. The topological polar surface area (TPSA) is 51.2 Å². The predicted octanol–water partition coefficient (Wildman–Crippen LogP) is 2.64. The maximum atomic E-state index is 12.3. The Bertz CT molecular complexity index is 609. The first-order valence-electron chi connectivity index (χ1n) is 6.44. The molecule has 104 valence electrons. The number of amides is 1. The number of methoxy groups -OCH3 is 1. The normalized spacial score (nSPS) is 10.2. The summed E-state index contributed by atoms with van der Waals surface area (Å²) in [5.74, 6) is 0.460. The number of pyridine rings is 1. The van der Waals surface area contributed by atoms with Crippen LogP contribution in [0.15, 0.2) is 36.7 Å². The zero-order valence-electron chi connectivity index (χ0n) is 11.9. The number of benzene rings is 1. The second-order valence-corrected chi connectivity index (χ2v) is 4.67. The lowest BCUT2D eigenvalue weighted by molar-refractivity contribution is 0.0948. The monoisotopic (exact) mass is 270 g/mol. The third-order valence-corrected chi connectivity index (χ3v) is 3.26. The molecule has 0 aliphatic carbocycles. The molecule has 1 aromatic carbocycles. The lowest BCUT2D eigenvalue weighted by Gasteiger charge is -2.12. The van der Waals surface area contributed by atoms with Gasteiger partial charge in [-0.3, -0.25) is 9.78 Å². The fourth-order valence-electron chi connectivity index (χ4n) is 1.91. The van der Waals surface area contributed by atoms with Gasteiger partial charge in [0.05, 0.1) is 12.7 Å². The van der Waals surface area contributed by atoms with Crippen molar-refractivity contribution in [2.45, 2.75) is 20.4 Å². The molecule has 1 heterocycles. The molecule has 0 spiro atoms. The van der Waals surface area contributed by atoms with Crippen molar-refractivity contribution in [1.82, 2.24) is 10.3 Å². The second kappa shape index (κ2) is 6.19. The van der Waals surface area contributed by atoms with E-state index in [4.69, 9.17) is 4.74 Å². The summed E-state index contributed by atoms with van der Waals surface area (Å²) < 4.78 is 5.28. The van der Waals surface area contributed by atoms with Crippen LogP contribution in [0.3, 0.4) is 0 Å². The molecule has 2 aromatic rings. The fourth-order valence-corrected chi connectivity index (χ4v) is 1.91. The van der Waals surface area contributed by atoms with Crippen LogP contribution in [0.5, 0.6) is 5.75 Å². The molecule has 2 rings (SSSR count). The first kappa shape index (κ1) is 14.1. The molecule has 0 unspecified atom stereocenters. The van der Waals surface area contributed by atoms with E-state index >= 15 is 0 Å². The number of aryl methyl sites for hydroxylation is 2. The number of nitrogens with one attached hydrogen (secondary N) is 1. The fraction of sp³-hybridized carbons (Fsp3) is 0.250. The van der Waals surface area contributed by atoms with Crippen molar-refractivity contribution in [3.05, 3.63) is 58.9 Å². The van der Waals surface area contributed by atoms with Gasteiger partial charge in [0.1, 0.15) is 5.75 Å². The summed E-state index contributed by atoms with van der Waals surface area (Å²) in [6.45, 7) is 4.45. The SMILES string of the molecule is COc1cc(C)c(C)cc1C(=O)NCc1ccncc1. The molecule has 0 radical (unpaired) electrons. The Kier molecular flexibility index (Phi) is 4.35. The van der Waals surface area contributed by atoms with Crippen LogP contribution in [0.2, 0.25) is 0 Å². The summed E-state index contributed by atoms with van der Waals surface area (Å²) in [5, 5.41) is 2.89. The van der Waals surface area contributed by atoms with Crippen molar-refractivity contribution >= 4 is 5.91 Å². The van der Waals surface area contributed by atoms with Gasteiger partial charge in [0.2, 0.25) is 0 Å². The molecule has 0 saturated carbocycles. The number of hydrogen-bond donors (Lipinski definition) is 1. The van der Waals surface area contributed by atoms with Gasteiger partial charge < -0.3 is 10.1 Å². The number of hydrogen-bond acceptors (Lipinski definition) is 3. The maximum Gasteiger partial charge on any atom is 0.255 e. The molecule has 0 aliphatic rings. The van der Waals surface area contributed by atoms with E-state index in [1.807, 2.05) is 38.1 Å². The standard InChI is InChI=1S/C16H18N2O2/c1-11-8-14(15(20-3)9-12(11)2)16(19)18-10-13-4-6-17-7-5-13/h4-9H,10H2,1-3H3,(H,18,19). The van der Waals surface area contributed by atoms with E-state index in [1.165, 1.54) is 0 Å². The minimum absolute atomic E-state index is 0.137. The summed E-state index contributed by atoms with van der Waals surface area (Å²) in [5.41, 5.74) is 3.74. The van der Waals surface area contributed by atoms with Gasteiger partial charge in [-0.2, -0.15) is 0 Å². The van der Waals surface area contributed by atoms with Crippen molar-refractivity contribution in [3.8, 4) is 5.75 Å². The van der Waals surface area contributed by atoms with Crippen LogP contribution in [0.1, 0.15) is 27.0 Å². The molecular weight excluding hydrogens is 252 g/mol. The molecule has 1 aromatic heterocycles. The van der Waals surface area contributed by atoms with Crippen LogP contribution in [0.4, 0.5) is 0 Å². The van der Waals surface area contributed by atoms with Gasteiger partial charge >= 0.3 is 0 Å². The second-order valence-electron chi connectivity index (χ2n) is 4.67. The number of carbonyl (C=O) groups is 1. The van der Waals surface area contributed by atoms with Crippen molar-refractivity contribution in [3.63, 3.8) is 0 Å². The number of ether oxygens (including phenoxy) is 1.